The van der Waals surface area contributed by atoms with Crippen LogP contribution >= 0.6 is 0 Å². The van der Waals surface area contributed by atoms with E-state index in [2.05, 4.69) is 37.8 Å². The van der Waals surface area contributed by atoms with Crippen molar-refractivity contribution >= 4 is 0 Å². The van der Waals surface area contributed by atoms with Crippen LogP contribution in [0.25, 0.3) is 11.1 Å². The number of hydrogen-bond donors (Lipinski definition) is 1. The second-order valence-electron chi connectivity index (χ2n) is 5.45. The average molecular weight is 250 g/mol. The Balaban J connectivity index is 2.37. The van der Waals surface area contributed by atoms with Crippen molar-refractivity contribution in [2.75, 3.05) is 0 Å². The van der Waals surface area contributed by atoms with Crippen LogP contribution in [0.1, 0.15) is 29.5 Å². The Kier molecular flexibility index (Phi) is 2.70. The molecule has 0 aliphatic heterocycles. The molecule has 3 rings (SSSR count). The van der Waals surface area contributed by atoms with Gasteiger partial charge in [0.25, 0.3) is 0 Å². The van der Waals surface area contributed by atoms with Crippen LogP contribution in [-0.2, 0) is 6.42 Å². The minimum absolute atomic E-state index is 0.213. The lowest BCUT2D eigenvalue weighted by Crippen LogP contribution is -2.13. The molecule has 96 valence electrons. The minimum Gasteiger partial charge on any atom is -0.508 e. The highest BCUT2D eigenvalue weighted by atomic mass is 16.3. The molecule has 0 radical (unpaired) electrons. The van der Waals surface area contributed by atoms with Gasteiger partial charge in [0.05, 0.1) is 0 Å². The second kappa shape index (κ2) is 4.27. The summed E-state index contributed by atoms with van der Waals surface area (Å²) in [6, 6.07) is 12.3. The second-order valence-corrected chi connectivity index (χ2v) is 5.45. The topological polar surface area (TPSA) is 20.2 Å². The first kappa shape index (κ1) is 12.0. The molecule has 0 heterocycles. The number of fused-ring (bicyclic) bond motifs is 3. The van der Waals surface area contributed by atoms with Gasteiger partial charge in [0.1, 0.15) is 5.75 Å². The van der Waals surface area contributed by atoms with E-state index < -0.39 is 0 Å². The molecular weight excluding hydrogens is 232 g/mol. The third-order valence-corrected chi connectivity index (χ3v) is 4.08. The smallest absolute Gasteiger partial charge is 0.120 e. The summed E-state index contributed by atoms with van der Waals surface area (Å²) in [7, 11) is 0. The summed E-state index contributed by atoms with van der Waals surface area (Å²) in [5.74, 6) is 0.605. The van der Waals surface area contributed by atoms with Crippen molar-refractivity contribution < 1.29 is 5.11 Å². The quantitative estimate of drug-likeness (QED) is 0.734. The summed E-state index contributed by atoms with van der Waals surface area (Å²) in [6.07, 6.45) is 0.926. The number of hydrogen-bond acceptors (Lipinski definition) is 1. The van der Waals surface area contributed by atoms with Crippen LogP contribution in [0.3, 0.4) is 0 Å². The average Bonchev–Trinajstić information content (AvgIpc) is 2.41. The Bertz CT molecular complexity index is 667. The third kappa shape index (κ3) is 1.77. The molecule has 0 fully saturated rings. The van der Waals surface area contributed by atoms with Gasteiger partial charge < -0.3 is 5.11 Å². The van der Waals surface area contributed by atoms with E-state index in [0.717, 1.165) is 17.6 Å². The molecular formula is C18H18O. The van der Waals surface area contributed by atoms with Crippen LogP contribution in [0.2, 0.25) is 0 Å². The zero-order valence-corrected chi connectivity index (χ0v) is 11.4. The van der Waals surface area contributed by atoms with Crippen LogP contribution in [0.15, 0.2) is 48.6 Å². The summed E-state index contributed by atoms with van der Waals surface area (Å²) < 4.78 is 0. The van der Waals surface area contributed by atoms with Crippen LogP contribution in [0.4, 0.5) is 0 Å². The monoisotopic (exact) mass is 250 g/mol. The zero-order valence-electron chi connectivity index (χ0n) is 11.4. The van der Waals surface area contributed by atoms with Crippen molar-refractivity contribution in [2.24, 2.45) is 0 Å². The lowest BCUT2D eigenvalue weighted by molar-refractivity contribution is 0.463. The molecule has 19 heavy (non-hydrogen) atoms. The third-order valence-electron chi connectivity index (χ3n) is 4.08. The van der Waals surface area contributed by atoms with Crippen molar-refractivity contribution in [3.63, 3.8) is 0 Å². The van der Waals surface area contributed by atoms with Crippen molar-refractivity contribution in [1.82, 2.24) is 0 Å². The molecule has 0 aromatic heterocycles. The molecule has 1 heteroatoms. The van der Waals surface area contributed by atoms with Gasteiger partial charge in [0, 0.05) is 11.5 Å². The minimum atomic E-state index is 0.213. The Morgan fingerprint density at radius 2 is 1.95 bits per heavy atom. The van der Waals surface area contributed by atoms with Gasteiger partial charge in [-0.05, 0) is 48.6 Å². The molecule has 0 bridgehead atoms. The van der Waals surface area contributed by atoms with Gasteiger partial charge in [-0.15, -0.1) is 0 Å². The fraction of sp³-hybridized carbons (Fsp3) is 0.222. The van der Waals surface area contributed by atoms with E-state index in [1.807, 2.05) is 13.0 Å². The molecule has 1 nitrogen and oxygen atoms in total. The van der Waals surface area contributed by atoms with Crippen molar-refractivity contribution in [2.45, 2.75) is 26.2 Å². The highest BCUT2D eigenvalue weighted by Crippen LogP contribution is 2.47. The molecule has 2 aromatic carbocycles. The molecule has 2 aromatic rings. The predicted octanol–water partition coefficient (Wildman–Crippen LogP) is 4.58. The molecule has 1 N–H and O–H groups in total. The first-order chi connectivity index (χ1) is 9.09. The highest BCUT2D eigenvalue weighted by molar-refractivity contribution is 5.79. The van der Waals surface area contributed by atoms with E-state index in [-0.39, 0.29) is 5.92 Å². The SMILES string of the molecule is C=C(C)[C@H]1Cc2ccccc2-c2c(C)ccc(O)c21. The van der Waals surface area contributed by atoms with Crippen molar-refractivity contribution in [1.29, 1.82) is 0 Å². The van der Waals surface area contributed by atoms with Crippen LogP contribution in [0, 0.1) is 6.92 Å². The van der Waals surface area contributed by atoms with E-state index in [1.165, 1.54) is 22.3 Å². The van der Waals surface area contributed by atoms with Crippen LogP contribution in [0.5, 0.6) is 5.75 Å². The maximum atomic E-state index is 10.3. The Morgan fingerprint density at radius 1 is 1.21 bits per heavy atom. The molecule has 0 saturated heterocycles. The standard InChI is InChI=1S/C18H18O/c1-11(2)15-10-13-6-4-5-7-14(13)17-12(3)8-9-16(19)18(15)17/h4-9,15,19H,1,10H2,2-3H3/t15-/m1/s1. The maximum absolute atomic E-state index is 10.3. The van der Waals surface area contributed by atoms with Crippen LogP contribution < -0.4 is 0 Å². The molecule has 1 aliphatic carbocycles. The lowest BCUT2D eigenvalue weighted by atomic mass is 9.74. The summed E-state index contributed by atoms with van der Waals surface area (Å²) in [4.78, 5) is 0. The number of aryl methyl sites for hydroxylation is 1. The van der Waals surface area contributed by atoms with Crippen molar-refractivity contribution in [3.8, 4) is 16.9 Å². The van der Waals surface area contributed by atoms with Gasteiger partial charge in [-0.1, -0.05) is 42.5 Å². The zero-order chi connectivity index (χ0) is 13.6. The van der Waals surface area contributed by atoms with Gasteiger partial charge in [-0.25, -0.2) is 0 Å². The molecule has 0 amide bonds. The Hall–Kier alpha value is -2.02. The Labute approximate surface area is 114 Å². The normalized spacial score (nSPS) is 16.6. The van der Waals surface area contributed by atoms with Gasteiger partial charge in [-0.3, -0.25) is 0 Å². The number of benzene rings is 2. The number of phenolic OH excluding ortho intramolecular Hbond substituents is 1. The largest absolute Gasteiger partial charge is 0.508 e. The predicted molar refractivity (Wildman–Crippen MR) is 79.5 cm³/mol. The first-order valence-corrected chi connectivity index (χ1v) is 6.65. The van der Waals surface area contributed by atoms with E-state index >= 15 is 0 Å². The highest BCUT2D eigenvalue weighted by Gasteiger charge is 2.28. The van der Waals surface area contributed by atoms with E-state index in [0.29, 0.717) is 5.75 Å². The number of allylic oxidation sites excluding steroid dienone is 1. The Morgan fingerprint density at radius 3 is 2.68 bits per heavy atom. The molecule has 1 aliphatic rings. The molecule has 1 atom stereocenters. The van der Waals surface area contributed by atoms with E-state index in [1.54, 1.807) is 6.07 Å². The first-order valence-electron chi connectivity index (χ1n) is 6.65. The van der Waals surface area contributed by atoms with Crippen LogP contribution in [-0.4, -0.2) is 5.11 Å². The summed E-state index contributed by atoms with van der Waals surface area (Å²) in [6.45, 7) is 8.26. The van der Waals surface area contributed by atoms with Gasteiger partial charge >= 0.3 is 0 Å². The number of aromatic hydroxyl groups is 1. The lowest BCUT2D eigenvalue weighted by Gasteiger charge is -2.30. The molecule has 0 spiro atoms. The van der Waals surface area contributed by atoms with Gasteiger partial charge in [-0.2, -0.15) is 0 Å². The fourth-order valence-corrected chi connectivity index (χ4v) is 3.11. The summed E-state index contributed by atoms with van der Waals surface area (Å²) in [5, 5.41) is 10.3. The van der Waals surface area contributed by atoms with Crippen molar-refractivity contribution in [3.05, 3.63) is 65.2 Å². The molecule has 0 saturated carbocycles. The maximum Gasteiger partial charge on any atom is 0.120 e. The summed E-state index contributed by atoms with van der Waals surface area (Å²) >= 11 is 0. The van der Waals surface area contributed by atoms with E-state index in [4.69, 9.17) is 0 Å². The molecule has 0 unspecified atom stereocenters. The fourth-order valence-electron chi connectivity index (χ4n) is 3.11. The number of rotatable bonds is 1. The summed E-state index contributed by atoms with van der Waals surface area (Å²) in [5.41, 5.74) is 7.16. The number of phenols is 1. The van der Waals surface area contributed by atoms with Gasteiger partial charge in [0.15, 0.2) is 0 Å². The van der Waals surface area contributed by atoms with E-state index in [9.17, 15) is 5.11 Å². The van der Waals surface area contributed by atoms with Gasteiger partial charge in [0.2, 0.25) is 0 Å².